The highest BCUT2D eigenvalue weighted by Gasteiger charge is 2.35. The van der Waals surface area contributed by atoms with Gasteiger partial charge in [-0.2, -0.15) is 0 Å². The minimum atomic E-state index is -2.10. The van der Waals surface area contributed by atoms with E-state index in [0.29, 0.717) is 30.5 Å². The second-order valence-electron chi connectivity index (χ2n) is 7.95. The van der Waals surface area contributed by atoms with Gasteiger partial charge in [-0.3, -0.25) is 4.79 Å². The van der Waals surface area contributed by atoms with E-state index in [2.05, 4.69) is 24.3 Å². The van der Waals surface area contributed by atoms with Crippen LogP contribution < -0.4 is 0 Å². The van der Waals surface area contributed by atoms with Gasteiger partial charge in [-0.1, -0.05) is 37.1 Å². The first-order chi connectivity index (χ1) is 13.0. The molecule has 0 spiro atoms. The summed E-state index contributed by atoms with van der Waals surface area (Å²) < 4.78 is 4.70. The molecule has 0 saturated heterocycles. The molecule has 4 atom stereocenters. The van der Waals surface area contributed by atoms with Crippen LogP contribution in [0.3, 0.4) is 0 Å². The molecule has 2 aliphatic carbocycles. The van der Waals surface area contributed by atoms with Crippen LogP contribution >= 0.6 is 0 Å². The summed E-state index contributed by atoms with van der Waals surface area (Å²) in [5.74, 6) is -1.99. The number of ether oxygens (including phenoxy) is 1. The van der Waals surface area contributed by atoms with Crippen molar-refractivity contribution in [2.75, 3.05) is 7.11 Å². The third-order valence-corrected chi connectivity index (χ3v) is 6.03. The van der Waals surface area contributed by atoms with Crippen molar-refractivity contribution in [2.24, 2.45) is 17.8 Å². The first-order valence-corrected chi connectivity index (χ1v) is 10.3. The first kappa shape index (κ1) is 21.8. The Morgan fingerprint density at radius 3 is 2.81 bits per heavy atom. The molecule has 0 aliphatic heterocycles. The summed E-state index contributed by atoms with van der Waals surface area (Å²) in [5, 5.41) is 18.8. The summed E-state index contributed by atoms with van der Waals surface area (Å²) in [5.41, 5.74) is 0. The van der Waals surface area contributed by atoms with E-state index in [1.54, 1.807) is 0 Å². The van der Waals surface area contributed by atoms with E-state index < -0.39 is 11.8 Å². The number of aliphatic carboxylic acids is 1. The zero-order chi connectivity index (χ0) is 19.7. The summed E-state index contributed by atoms with van der Waals surface area (Å²) in [6, 6.07) is 0. The van der Waals surface area contributed by atoms with E-state index in [0.717, 1.165) is 32.1 Å². The van der Waals surface area contributed by atoms with Crippen LogP contribution in [0.5, 0.6) is 0 Å². The maximum Gasteiger partial charge on any atom is 0.364 e. The van der Waals surface area contributed by atoms with Gasteiger partial charge in [-0.15, -0.1) is 0 Å². The monoisotopic (exact) mass is 378 g/mol. The lowest BCUT2D eigenvalue weighted by molar-refractivity contribution is -0.216. The summed E-state index contributed by atoms with van der Waals surface area (Å²) in [7, 11) is 1.20. The Kier molecular flexibility index (Phi) is 8.71. The van der Waals surface area contributed by atoms with E-state index in [4.69, 9.17) is 9.84 Å². The molecule has 2 N–H and O–H groups in total. The van der Waals surface area contributed by atoms with Gasteiger partial charge >= 0.3 is 5.97 Å². The topological polar surface area (TPSA) is 83.8 Å². The fourth-order valence-corrected chi connectivity index (χ4v) is 4.25. The number of hydrogen-bond acceptors (Lipinski definition) is 4. The van der Waals surface area contributed by atoms with Gasteiger partial charge in [0.15, 0.2) is 0 Å². The molecule has 1 saturated carbocycles. The number of unbranched alkanes of at least 4 members (excludes halogenated alkanes) is 2. The van der Waals surface area contributed by atoms with E-state index in [1.165, 1.54) is 26.4 Å². The fraction of sp³-hybridized carbons (Fsp3) is 0.727. The van der Waals surface area contributed by atoms with Gasteiger partial charge in [-0.25, -0.2) is 4.79 Å². The van der Waals surface area contributed by atoms with Gasteiger partial charge in [-0.05, 0) is 56.8 Å². The molecule has 152 valence electrons. The van der Waals surface area contributed by atoms with Crippen molar-refractivity contribution < 1.29 is 24.5 Å². The minimum absolute atomic E-state index is 0.0652. The SMILES string of the molecule is COC(O)(CCCCC[C@H]1C(=O)CC[C@@H]1C=CCC1C=CCCC1)C(=O)O. The van der Waals surface area contributed by atoms with Gasteiger partial charge in [0.25, 0.3) is 5.79 Å². The van der Waals surface area contributed by atoms with Gasteiger partial charge in [0.1, 0.15) is 5.78 Å². The molecule has 2 aliphatic rings. The number of methoxy groups -OCH3 is 1. The number of carbonyl (C=O) groups excluding carboxylic acids is 1. The predicted octanol–water partition coefficient (Wildman–Crippen LogP) is 4.25. The van der Waals surface area contributed by atoms with Gasteiger partial charge in [0.05, 0.1) is 0 Å². The molecule has 0 heterocycles. The molecule has 0 aromatic heterocycles. The normalized spacial score (nSPS) is 27.9. The average molecular weight is 379 g/mol. The molecule has 0 radical (unpaired) electrons. The number of allylic oxidation sites excluding steroid dienone is 4. The van der Waals surface area contributed by atoms with Crippen LogP contribution in [0.25, 0.3) is 0 Å². The molecule has 0 bridgehead atoms. The quantitative estimate of drug-likeness (QED) is 0.319. The summed E-state index contributed by atoms with van der Waals surface area (Å²) in [6.45, 7) is 0. The molecule has 0 aromatic carbocycles. The molecule has 2 rings (SSSR count). The van der Waals surface area contributed by atoms with Crippen LogP contribution in [0.15, 0.2) is 24.3 Å². The maximum atomic E-state index is 12.2. The molecule has 27 heavy (non-hydrogen) atoms. The van der Waals surface area contributed by atoms with Crippen molar-refractivity contribution in [2.45, 2.75) is 76.4 Å². The average Bonchev–Trinajstić information content (AvgIpc) is 3.02. The van der Waals surface area contributed by atoms with Crippen LogP contribution in [-0.4, -0.2) is 34.9 Å². The Bertz CT molecular complexity index is 553. The zero-order valence-corrected chi connectivity index (χ0v) is 16.4. The summed E-state index contributed by atoms with van der Waals surface area (Å²) in [6.07, 6.45) is 18.7. The molecular weight excluding hydrogens is 344 g/mol. The van der Waals surface area contributed by atoms with E-state index in [9.17, 15) is 14.7 Å². The largest absolute Gasteiger partial charge is 0.477 e. The second-order valence-corrected chi connectivity index (χ2v) is 7.95. The number of Topliss-reactive ketones (excluding diaryl/α,β-unsaturated/α-hetero) is 1. The van der Waals surface area contributed by atoms with Gasteiger partial charge in [0, 0.05) is 25.9 Å². The number of carboxylic acids is 1. The Morgan fingerprint density at radius 2 is 2.15 bits per heavy atom. The second kappa shape index (κ2) is 10.8. The third-order valence-electron chi connectivity index (χ3n) is 6.03. The van der Waals surface area contributed by atoms with Crippen LogP contribution in [0.1, 0.15) is 70.6 Å². The van der Waals surface area contributed by atoms with E-state index in [-0.39, 0.29) is 12.3 Å². The standard InChI is InChI=1S/C22H34O5/c1-27-22(26,21(24)25)16-7-3-6-13-19-18(14-15-20(19)23)12-8-11-17-9-4-2-5-10-17/h4,8-9,12,17-19,26H,2-3,5-7,10-11,13-16H2,1H3,(H,24,25)/t17?,18-,19+,22?/m0/s1. The Hall–Kier alpha value is -1.46. The molecular formula is C22H34O5. The Morgan fingerprint density at radius 1 is 1.33 bits per heavy atom. The molecule has 5 heteroatoms. The number of carboxylic acid groups (broad SMARTS) is 1. The smallest absolute Gasteiger partial charge is 0.364 e. The van der Waals surface area contributed by atoms with E-state index in [1.807, 2.05) is 0 Å². The third kappa shape index (κ3) is 6.58. The van der Waals surface area contributed by atoms with Crippen molar-refractivity contribution in [3.05, 3.63) is 24.3 Å². The van der Waals surface area contributed by atoms with Crippen LogP contribution in [0, 0.1) is 17.8 Å². The van der Waals surface area contributed by atoms with Crippen LogP contribution in [0.4, 0.5) is 0 Å². The molecule has 0 aromatic rings. The molecule has 1 fully saturated rings. The van der Waals surface area contributed by atoms with Crippen molar-refractivity contribution in [1.29, 1.82) is 0 Å². The number of hydrogen-bond donors (Lipinski definition) is 2. The highest BCUT2D eigenvalue weighted by Crippen LogP contribution is 2.34. The van der Waals surface area contributed by atoms with Crippen molar-refractivity contribution in [3.63, 3.8) is 0 Å². The van der Waals surface area contributed by atoms with Gasteiger partial charge in [0.2, 0.25) is 0 Å². The lowest BCUT2D eigenvalue weighted by Gasteiger charge is -2.21. The number of carbonyl (C=O) groups is 2. The highest BCUT2D eigenvalue weighted by atomic mass is 16.6. The lowest BCUT2D eigenvalue weighted by Crippen LogP contribution is -2.40. The number of rotatable bonds is 11. The van der Waals surface area contributed by atoms with Crippen molar-refractivity contribution in [3.8, 4) is 0 Å². The van der Waals surface area contributed by atoms with Gasteiger partial charge < -0.3 is 14.9 Å². The van der Waals surface area contributed by atoms with Crippen LogP contribution in [-0.2, 0) is 14.3 Å². The molecule has 2 unspecified atom stereocenters. The number of ketones is 1. The van der Waals surface area contributed by atoms with Crippen molar-refractivity contribution >= 4 is 11.8 Å². The van der Waals surface area contributed by atoms with Crippen LogP contribution in [0.2, 0.25) is 0 Å². The maximum absolute atomic E-state index is 12.2. The Labute approximate surface area is 162 Å². The lowest BCUT2D eigenvalue weighted by atomic mass is 9.88. The Balaban J connectivity index is 1.71. The molecule has 5 nitrogen and oxygen atoms in total. The predicted molar refractivity (Wildman–Crippen MR) is 104 cm³/mol. The van der Waals surface area contributed by atoms with E-state index >= 15 is 0 Å². The summed E-state index contributed by atoms with van der Waals surface area (Å²) >= 11 is 0. The highest BCUT2D eigenvalue weighted by molar-refractivity contribution is 5.83. The number of aliphatic hydroxyl groups is 1. The zero-order valence-electron chi connectivity index (χ0n) is 16.4. The fourth-order valence-electron chi connectivity index (χ4n) is 4.25. The summed E-state index contributed by atoms with van der Waals surface area (Å²) in [4.78, 5) is 23.2. The molecule has 0 amide bonds. The van der Waals surface area contributed by atoms with Crippen molar-refractivity contribution in [1.82, 2.24) is 0 Å². The minimum Gasteiger partial charge on any atom is -0.477 e. The first-order valence-electron chi connectivity index (χ1n) is 10.3.